The summed E-state index contributed by atoms with van der Waals surface area (Å²) >= 11 is 6.19. The van der Waals surface area contributed by atoms with E-state index in [4.69, 9.17) is 16.3 Å². The molecule has 2 aromatic carbocycles. The van der Waals surface area contributed by atoms with Gasteiger partial charge in [-0.3, -0.25) is 0 Å². The van der Waals surface area contributed by atoms with Crippen molar-refractivity contribution in [3.8, 4) is 11.5 Å². The van der Waals surface area contributed by atoms with Gasteiger partial charge in [0.15, 0.2) is 11.5 Å². The molecule has 102 valence electrons. The van der Waals surface area contributed by atoms with E-state index in [2.05, 4.69) is 0 Å². The van der Waals surface area contributed by atoms with Gasteiger partial charge < -0.3 is 14.4 Å². The number of hydrogen-bond donors (Lipinski definition) is 1. The number of aromatic nitrogens is 1. The number of para-hydroxylation sites is 2. The van der Waals surface area contributed by atoms with Gasteiger partial charge in [0.05, 0.1) is 5.69 Å². The molecule has 0 fully saturated rings. The van der Waals surface area contributed by atoms with E-state index in [0.29, 0.717) is 12.4 Å². The van der Waals surface area contributed by atoms with Crippen LogP contribution in [0.3, 0.4) is 0 Å². The minimum atomic E-state index is 0.143. The molecule has 4 heteroatoms. The molecule has 3 rings (SSSR count). The molecule has 1 aromatic heterocycles. The molecule has 3 aromatic rings. The van der Waals surface area contributed by atoms with E-state index < -0.39 is 0 Å². The van der Waals surface area contributed by atoms with Gasteiger partial charge in [-0.15, -0.1) is 0 Å². The van der Waals surface area contributed by atoms with Gasteiger partial charge in [0, 0.05) is 23.0 Å². The van der Waals surface area contributed by atoms with Crippen LogP contribution in [0.15, 0.2) is 48.5 Å². The third-order valence-electron chi connectivity index (χ3n) is 3.37. The largest absolute Gasteiger partial charge is 0.504 e. The zero-order chi connectivity index (χ0) is 14.1. The number of aryl methyl sites for hydroxylation is 1. The summed E-state index contributed by atoms with van der Waals surface area (Å²) < 4.78 is 7.70. The number of fused-ring (bicyclic) bond motifs is 1. The van der Waals surface area contributed by atoms with Gasteiger partial charge in [-0.05, 0) is 30.3 Å². The average molecular weight is 288 g/mol. The van der Waals surface area contributed by atoms with Crippen molar-refractivity contribution in [2.45, 2.75) is 6.61 Å². The van der Waals surface area contributed by atoms with Crippen molar-refractivity contribution in [1.29, 1.82) is 0 Å². The SMILES string of the molecule is Cn1c(COc2ccccc2O)cc2c(Cl)cccc21. The summed E-state index contributed by atoms with van der Waals surface area (Å²) in [6, 6.07) is 14.8. The summed E-state index contributed by atoms with van der Waals surface area (Å²) in [5.74, 6) is 0.619. The number of aromatic hydroxyl groups is 1. The lowest BCUT2D eigenvalue weighted by Crippen LogP contribution is -2.01. The molecule has 1 N–H and O–H groups in total. The third kappa shape index (κ3) is 2.21. The predicted octanol–water partition coefficient (Wildman–Crippen LogP) is 4.12. The van der Waals surface area contributed by atoms with Crippen LogP contribution in [-0.4, -0.2) is 9.67 Å². The molecule has 1 heterocycles. The van der Waals surface area contributed by atoms with Gasteiger partial charge >= 0.3 is 0 Å². The molecule has 20 heavy (non-hydrogen) atoms. The van der Waals surface area contributed by atoms with Crippen molar-refractivity contribution in [3.63, 3.8) is 0 Å². The molecule has 0 saturated heterocycles. The van der Waals surface area contributed by atoms with Crippen molar-refractivity contribution in [2.24, 2.45) is 7.05 Å². The highest BCUT2D eigenvalue weighted by atomic mass is 35.5. The molecule has 0 unspecified atom stereocenters. The van der Waals surface area contributed by atoms with Crippen LogP contribution >= 0.6 is 11.6 Å². The van der Waals surface area contributed by atoms with Crippen LogP contribution in [-0.2, 0) is 13.7 Å². The smallest absolute Gasteiger partial charge is 0.161 e. The van der Waals surface area contributed by atoms with Gasteiger partial charge in [-0.25, -0.2) is 0 Å². The van der Waals surface area contributed by atoms with Crippen molar-refractivity contribution in [2.75, 3.05) is 0 Å². The number of benzene rings is 2. The lowest BCUT2D eigenvalue weighted by Gasteiger charge is -2.08. The van der Waals surface area contributed by atoms with Crippen molar-refractivity contribution >= 4 is 22.5 Å². The lowest BCUT2D eigenvalue weighted by molar-refractivity contribution is 0.282. The zero-order valence-electron chi connectivity index (χ0n) is 11.0. The Labute approximate surface area is 122 Å². The fourth-order valence-corrected chi connectivity index (χ4v) is 2.47. The Balaban J connectivity index is 1.90. The molecule has 0 bridgehead atoms. The number of halogens is 1. The first kappa shape index (κ1) is 12.9. The van der Waals surface area contributed by atoms with Crippen LogP contribution in [0.25, 0.3) is 10.9 Å². The zero-order valence-corrected chi connectivity index (χ0v) is 11.8. The number of hydrogen-bond acceptors (Lipinski definition) is 2. The van der Waals surface area contributed by atoms with E-state index in [9.17, 15) is 5.11 Å². The number of rotatable bonds is 3. The summed E-state index contributed by atoms with van der Waals surface area (Å²) in [6.45, 7) is 0.374. The summed E-state index contributed by atoms with van der Waals surface area (Å²) in [5, 5.41) is 11.4. The third-order valence-corrected chi connectivity index (χ3v) is 3.70. The standard InChI is InChI=1S/C16H14ClNO2/c1-18-11(9-12-13(17)5-4-6-14(12)18)10-20-16-8-3-2-7-15(16)19/h2-9,19H,10H2,1H3. The molecule has 0 saturated carbocycles. The monoisotopic (exact) mass is 287 g/mol. The van der Waals surface area contributed by atoms with Crippen molar-refractivity contribution < 1.29 is 9.84 Å². The van der Waals surface area contributed by atoms with Gasteiger partial charge in [0.2, 0.25) is 0 Å². The number of nitrogens with zero attached hydrogens (tertiary/aromatic N) is 1. The summed E-state index contributed by atoms with van der Waals surface area (Å²) in [4.78, 5) is 0. The highest BCUT2D eigenvalue weighted by molar-refractivity contribution is 6.35. The highest BCUT2D eigenvalue weighted by Crippen LogP contribution is 2.28. The Morgan fingerprint density at radius 3 is 2.70 bits per heavy atom. The fraction of sp³-hybridized carbons (Fsp3) is 0.125. The average Bonchev–Trinajstić information content (AvgIpc) is 2.77. The van der Waals surface area contributed by atoms with Crippen LogP contribution in [0.5, 0.6) is 11.5 Å². The lowest BCUT2D eigenvalue weighted by atomic mass is 10.2. The van der Waals surface area contributed by atoms with Crippen LogP contribution in [0.2, 0.25) is 5.02 Å². The molecule has 3 nitrogen and oxygen atoms in total. The second-order valence-electron chi connectivity index (χ2n) is 4.62. The topological polar surface area (TPSA) is 34.4 Å². The Kier molecular flexibility index (Phi) is 3.28. The predicted molar refractivity (Wildman–Crippen MR) is 80.4 cm³/mol. The van der Waals surface area contributed by atoms with E-state index in [1.807, 2.05) is 41.9 Å². The molecule has 0 aliphatic carbocycles. The Hall–Kier alpha value is -2.13. The van der Waals surface area contributed by atoms with E-state index in [0.717, 1.165) is 21.6 Å². The van der Waals surface area contributed by atoms with Crippen molar-refractivity contribution in [3.05, 3.63) is 59.2 Å². The Bertz CT molecular complexity index is 764. The molecule has 0 atom stereocenters. The van der Waals surface area contributed by atoms with Crippen LogP contribution < -0.4 is 4.74 Å². The summed E-state index contributed by atoms with van der Waals surface area (Å²) in [7, 11) is 1.97. The van der Waals surface area contributed by atoms with Gasteiger partial charge in [-0.2, -0.15) is 0 Å². The maximum absolute atomic E-state index is 9.69. The minimum Gasteiger partial charge on any atom is -0.504 e. The first-order chi connectivity index (χ1) is 9.66. The van der Waals surface area contributed by atoms with Gasteiger partial charge in [0.1, 0.15) is 6.61 Å². The van der Waals surface area contributed by atoms with E-state index in [-0.39, 0.29) is 5.75 Å². The fourth-order valence-electron chi connectivity index (χ4n) is 2.25. The molecule has 0 radical (unpaired) electrons. The van der Waals surface area contributed by atoms with E-state index >= 15 is 0 Å². The number of phenolic OH excluding ortho intramolecular Hbond substituents is 1. The second kappa shape index (κ2) is 5.10. The molecule has 0 amide bonds. The van der Waals surface area contributed by atoms with Crippen molar-refractivity contribution in [1.82, 2.24) is 4.57 Å². The summed E-state index contributed by atoms with van der Waals surface area (Å²) in [6.07, 6.45) is 0. The first-order valence-corrected chi connectivity index (χ1v) is 6.68. The normalized spacial score (nSPS) is 10.9. The molecular formula is C16H14ClNO2. The van der Waals surface area contributed by atoms with E-state index in [1.165, 1.54) is 0 Å². The maximum Gasteiger partial charge on any atom is 0.161 e. The Morgan fingerprint density at radius 2 is 1.95 bits per heavy atom. The van der Waals surface area contributed by atoms with Crippen LogP contribution in [0, 0.1) is 0 Å². The van der Waals surface area contributed by atoms with Gasteiger partial charge in [0.25, 0.3) is 0 Å². The van der Waals surface area contributed by atoms with Crippen LogP contribution in [0.1, 0.15) is 5.69 Å². The highest BCUT2D eigenvalue weighted by Gasteiger charge is 2.09. The maximum atomic E-state index is 9.69. The van der Waals surface area contributed by atoms with Gasteiger partial charge in [-0.1, -0.05) is 29.8 Å². The second-order valence-corrected chi connectivity index (χ2v) is 5.03. The Morgan fingerprint density at radius 1 is 1.15 bits per heavy atom. The quantitative estimate of drug-likeness (QED) is 0.786. The number of phenols is 1. The molecule has 0 spiro atoms. The molecule has 0 aliphatic rings. The first-order valence-electron chi connectivity index (χ1n) is 6.30. The summed E-state index contributed by atoms with van der Waals surface area (Å²) in [5.41, 5.74) is 2.06. The van der Waals surface area contributed by atoms with E-state index in [1.54, 1.807) is 18.2 Å². The van der Waals surface area contributed by atoms with Crippen LogP contribution in [0.4, 0.5) is 0 Å². The molecular weight excluding hydrogens is 274 g/mol. The molecule has 0 aliphatic heterocycles. The number of ether oxygens (including phenoxy) is 1. The minimum absolute atomic E-state index is 0.143.